The molecule has 2 rings (SSSR count). The number of nitrogens with two attached hydrogens (primary N) is 1. The van der Waals surface area contributed by atoms with Gasteiger partial charge in [0.2, 0.25) is 10.0 Å². The largest absolute Gasteiger partial charge is 0.370 e. The molecule has 0 spiro atoms. The number of para-hydroxylation sites is 1. The summed E-state index contributed by atoms with van der Waals surface area (Å²) in [6.45, 7) is 2.51. The summed E-state index contributed by atoms with van der Waals surface area (Å²) in [6.07, 6.45) is 3.21. The van der Waals surface area contributed by atoms with Crippen LogP contribution in [-0.4, -0.2) is 35.1 Å². The van der Waals surface area contributed by atoms with Gasteiger partial charge in [0.25, 0.3) is 0 Å². The van der Waals surface area contributed by atoms with Gasteiger partial charge in [0, 0.05) is 13.1 Å². The molecule has 1 aliphatic heterocycles. The maximum Gasteiger partial charge on any atom is 0.242 e. The maximum atomic E-state index is 12.1. The molecule has 0 bridgehead atoms. The molecule has 5 nitrogen and oxygen atoms in total. The number of sulfonamides is 1. The number of hydrogen-bond acceptors (Lipinski definition) is 4. The zero-order valence-electron chi connectivity index (χ0n) is 11.9. The van der Waals surface area contributed by atoms with E-state index >= 15 is 0 Å². The van der Waals surface area contributed by atoms with E-state index in [-0.39, 0.29) is 0 Å². The average molecular weight is 297 g/mol. The van der Waals surface area contributed by atoms with Crippen molar-refractivity contribution in [1.82, 2.24) is 4.72 Å². The van der Waals surface area contributed by atoms with Crippen molar-refractivity contribution in [3.8, 4) is 0 Å². The highest BCUT2D eigenvalue weighted by Crippen LogP contribution is 2.29. The first-order valence-electron chi connectivity index (χ1n) is 7.06. The summed E-state index contributed by atoms with van der Waals surface area (Å²) in [4.78, 5) is 2.52. The summed E-state index contributed by atoms with van der Waals surface area (Å²) in [5.41, 5.74) is 6.40. The zero-order chi connectivity index (χ0) is 14.6. The monoisotopic (exact) mass is 297 g/mol. The van der Waals surface area contributed by atoms with Crippen molar-refractivity contribution < 1.29 is 8.42 Å². The second-order valence-corrected chi connectivity index (χ2v) is 7.04. The van der Waals surface area contributed by atoms with Gasteiger partial charge in [-0.15, -0.1) is 0 Å². The van der Waals surface area contributed by atoms with E-state index in [1.54, 1.807) is 12.1 Å². The Morgan fingerprint density at radius 3 is 2.55 bits per heavy atom. The van der Waals surface area contributed by atoms with Gasteiger partial charge in [0.1, 0.15) is 4.90 Å². The van der Waals surface area contributed by atoms with Gasteiger partial charge in [-0.1, -0.05) is 12.1 Å². The molecule has 0 amide bonds. The number of anilines is 1. The Morgan fingerprint density at radius 1 is 1.30 bits per heavy atom. The fourth-order valence-electron chi connectivity index (χ4n) is 2.75. The number of benzene rings is 1. The van der Waals surface area contributed by atoms with Crippen LogP contribution in [-0.2, 0) is 10.0 Å². The molecular weight excluding hydrogens is 274 g/mol. The maximum absolute atomic E-state index is 12.1. The Morgan fingerprint density at radius 2 is 1.95 bits per heavy atom. The summed E-state index contributed by atoms with van der Waals surface area (Å²) in [5, 5.41) is 0. The molecular formula is C14H23N3O2S. The van der Waals surface area contributed by atoms with Crippen LogP contribution in [0.5, 0.6) is 0 Å². The van der Waals surface area contributed by atoms with Crippen LogP contribution in [0.3, 0.4) is 0 Å². The molecule has 1 saturated heterocycles. The molecule has 0 unspecified atom stereocenters. The first kappa shape index (κ1) is 15.3. The van der Waals surface area contributed by atoms with Gasteiger partial charge in [-0.3, -0.25) is 0 Å². The first-order valence-corrected chi connectivity index (χ1v) is 8.54. The van der Waals surface area contributed by atoms with E-state index in [2.05, 4.69) is 9.62 Å². The Bertz CT molecular complexity index is 537. The van der Waals surface area contributed by atoms with Crippen LogP contribution in [0.15, 0.2) is 29.2 Å². The van der Waals surface area contributed by atoms with Crippen molar-refractivity contribution in [2.24, 2.45) is 11.7 Å². The van der Waals surface area contributed by atoms with E-state index in [1.807, 2.05) is 12.1 Å². The first-order chi connectivity index (χ1) is 9.58. The molecule has 0 atom stereocenters. The summed E-state index contributed by atoms with van der Waals surface area (Å²) >= 11 is 0. The van der Waals surface area contributed by atoms with Crippen LogP contribution in [0.1, 0.15) is 19.3 Å². The van der Waals surface area contributed by atoms with E-state index in [0.29, 0.717) is 10.8 Å². The molecule has 1 aromatic rings. The average Bonchev–Trinajstić information content (AvgIpc) is 2.48. The van der Waals surface area contributed by atoms with Gasteiger partial charge >= 0.3 is 0 Å². The number of nitrogens with zero attached hydrogens (tertiary/aromatic N) is 1. The van der Waals surface area contributed by atoms with Crippen LogP contribution in [0.2, 0.25) is 0 Å². The van der Waals surface area contributed by atoms with E-state index < -0.39 is 10.0 Å². The van der Waals surface area contributed by atoms with Crippen LogP contribution >= 0.6 is 0 Å². The van der Waals surface area contributed by atoms with E-state index in [4.69, 9.17) is 5.73 Å². The molecule has 20 heavy (non-hydrogen) atoms. The Hall–Kier alpha value is -1.11. The molecule has 1 aliphatic rings. The van der Waals surface area contributed by atoms with Gasteiger partial charge < -0.3 is 10.6 Å². The topological polar surface area (TPSA) is 75.4 Å². The molecule has 112 valence electrons. The highest BCUT2D eigenvalue weighted by atomic mass is 32.2. The standard InChI is InChI=1S/C14H23N3O2S/c1-16-20(18,19)14-5-3-2-4-13(14)17-10-7-12(6-9-15)8-11-17/h2-5,12,16H,6-11,15H2,1H3. The predicted octanol–water partition coefficient (Wildman–Crippen LogP) is 1.16. The van der Waals surface area contributed by atoms with Gasteiger partial charge in [-0.05, 0) is 50.9 Å². The summed E-state index contributed by atoms with van der Waals surface area (Å²) in [7, 11) is -1.97. The van der Waals surface area contributed by atoms with Gasteiger partial charge in [0.05, 0.1) is 5.69 Å². The predicted molar refractivity (Wildman–Crippen MR) is 81.3 cm³/mol. The van der Waals surface area contributed by atoms with Crippen molar-refractivity contribution in [3.05, 3.63) is 24.3 Å². The lowest BCUT2D eigenvalue weighted by Gasteiger charge is -2.34. The summed E-state index contributed by atoms with van der Waals surface area (Å²) in [5.74, 6) is 0.671. The number of hydrogen-bond donors (Lipinski definition) is 2. The minimum atomic E-state index is -3.41. The molecule has 6 heteroatoms. The normalized spacial score (nSPS) is 17.4. The second kappa shape index (κ2) is 6.56. The van der Waals surface area contributed by atoms with Crippen LogP contribution in [0.4, 0.5) is 5.69 Å². The third-order valence-electron chi connectivity index (χ3n) is 3.95. The van der Waals surface area contributed by atoms with E-state index in [1.165, 1.54) is 7.05 Å². The summed E-state index contributed by atoms with van der Waals surface area (Å²) in [6, 6.07) is 7.19. The van der Waals surface area contributed by atoms with Gasteiger partial charge in [-0.25, -0.2) is 13.1 Å². The third kappa shape index (κ3) is 3.31. The number of nitrogens with one attached hydrogen (secondary N) is 1. The lowest BCUT2D eigenvalue weighted by atomic mass is 9.93. The van der Waals surface area contributed by atoms with Crippen molar-refractivity contribution in [2.45, 2.75) is 24.2 Å². The Kier molecular flexibility index (Phi) is 5.01. The van der Waals surface area contributed by atoms with Crippen molar-refractivity contribution in [2.75, 3.05) is 31.6 Å². The van der Waals surface area contributed by atoms with Gasteiger partial charge in [-0.2, -0.15) is 0 Å². The minimum Gasteiger partial charge on any atom is -0.370 e. The van der Waals surface area contributed by atoms with Crippen molar-refractivity contribution in [1.29, 1.82) is 0 Å². The molecule has 1 aromatic carbocycles. The number of rotatable bonds is 5. The SMILES string of the molecule is CNS(=O)(=O)c1ccccc1N1CCC(CCN)CC1. The molecule has 3 N–H and O–H groups in total. The van der Waals surface area contributed by atoms with Crippen molar-refractivity contribution in [3.63, 3.8) is 0 Å². The quantitative estimate of drug-likeness (QED) is 0.855. The van der Waals surface area contributed by atoms with Gasteiger partial charge in [0.15, 0.2) is 0 Å². The molecule has 1 fully saturated rings. The lowest BCUT2D eigenvalue weighted by Crippen LogP contribution is -2.35. The Balaban J connectivity index is 2.19. The fraction of sp³-hybridized carbons (Fsp3) is 0.571. The minimum absolute atomic E-state index is 0.361. The lowest BCUT2D eigenvalue weighted by molar-refractivity contribution is 0.385. The fourth-order valence-corrected chi connectivity index (χ4v) is 3.70. The van der Waals surface area contributed by atoms with Crippen LogP contribution in [0, 0.1) is 5.92 Å². The highest BCUT2D eigenvalue weighted by molar-refractivity contribution is 7.89. The second-order valence-electron chi connectivity index (χ2n) is 5.18. The molecule has 1 heterocycles. The third-order valence-corrected chi connectivity index (χ3v) is 5.42. The van der Waals surface area contributed by atoms with E-state index in [9.17, 15) is 8.42 Å². The van der Waals surface area contributed by atoms with Crippen LogP contribution < -0.4 is 15.4 Å². The molecule has 0 aliphatic carbocycles. The smallest absolute Gasteiger partial charge is 0.242 e. The van der Waals surface area contributed by atoms with Crippen molar-refractivity contribution >= 4 is 15.7 Å². The number of piperidine rings is 1. The molecule has 0 radical (unpaired) electrons. The molecule has 0 aromatic heterocycles. The van der Waals surface area contributed by atoms with E-state index in [0.717, 1.165) is 44.6 Å². The molecule has 0 saturated carbocycles. The van der Waals surface area contributed by atoms with Crippen LogP contribution in [0.25, 0.3) is 0 Å². The highest BCUT2D eigenvalue weighted by Gasteiger charge is 2.24. The Labute approximate surface area is 121 Å². The summed E-state index contributed by atoms with van der Waals surface area (Å²) < 4.78 is 26.5. The zero-order valence-corrected chi connectivity index (χ0v) is 12.7.